The number of hydrogen-bond donors (Lipinski definition) is 2. The van der Waals surface area contributed by atoms with E-state index in [0.717, 1.165) is 5.56 Å². The van der Waals surface area contributed by atoms with Crippen LogP contribution in [0.4, 0.5) is 17.3 Å². The highest BCUT2D eigenvalue weighted by atomic mass is 35.5. The van der Waals surface area contributed by atoms with Crippen molar-refractivity contribution in [1.29, 1.82) is 0 Å². The molecule has 0 spiro atoms. The van der Waals surface area contributed by atoms with E-state index in [-0.39, 0.29) is 17.5 Å². The maximum atomic E-state index is 12.5. The molecule has 0 saturated carbocycles. The molecule has 3 rings (SSSR count). The first kappa shape index (κ1) is 19.3. The quantitative estimate of drug-likeness (QED) is 0.627. The van der Waals surface area contributed by atoms with Crippen LogP contribution in [-0.4, -0.2) is 29.0 Å². The first-order valence-electron chi connectivity index (χ1n) is 8.32. The van der Waals surface area contributed by atoms with Crippen LogP contribution >= 0.6 is 11.6 Å². The van der Waals surface area contributed by atoms with Crippen molar-refractivity contribution in [3.8, 4) is 0 Å². The molecule has 7 nitrogen and oxygen atoms in total. The molecule has 142 valence electrons. The predicted molar refractivity (Wildman–Crippen MR) is 107 cm³/mol. The molecule has 3 aromatic rings. The Balaban J connectivity index is 1.77. The second kappa shape index (κ2) is 8.49. The zero-order valence-electron chi connectivity index (χ0n) is 15.2. The third kappa shape index (κ3) is 4.63. The Kier molecular flexibility index (Phi) is 5.86. The van der Waals surface area contributed by atoms with E-state index in [0.29, 0.717) is 22.0 Å². The van der Waals surface area contributed by atoms with Gasteiger partial charge in [-0.2, -0.15) is 0 Å². The van der Waals surface area contributed by atoms with Gasteiger partial charge >= 0.3 is 5.97 Å². The number of esters is 1. The van der Waals surface area contributed by atoms with Crippen LogP contribution in [-0.2, 0) is 4.74 Å². The molecule has 8 heteroatoms. The van der Waals surface area contributed by atoms with E-state index >= 15 is 0 Å². The van der Waals surface area contributed by atoms with Gasteiger partial charge in [-0.3, -0.25) is 4.79 Å². The smallest absolute Gasteiger partial charge is 0.337 e. The maximum absolute atomic E-state index is 12.5. The van der Waals surface area contributed by atoms with E-state index < -0.39 is 5.97 Å². The minimum absolute atomic E-state index is 0.191. The summed E-state index contributed by atoms with van der Waals surface area (Å²) < 4.78 is 4.71. The number of rotatable bonds is 5. The van der Waals surface area contributed by atoms with Gasteiger partial charge in [0, 0.05) is 22.6 Å². The zero-order valence-corrected chi connectivity index (χ0v) is 15.9. The molecule has 0 radical (unpaired) electrons. The summed E-state index contributed by atoms with van der Waals surface area (Å²) >= 11 is 5.94. The van der Waals surface area contributed by atoms with Gasteiger partial charge in [-0.05, 0) is 55.0 Å². The number of aryl methyl sites for hydroxylation is 1. The Morgan fingerprint density at radius 1 is 1.11 bits per heavy atom. The first-order valence-corrected chi connectivity index (χ1v) is 8.70. The lowest BCUT2D eigenvalue weighted by Gasteiger charge is -2.10. The van der Waals surface area contributed by atoms with Crippen molar-refractivity contribution in [2.75, 3.05) is 17.7 Å². The van der Waals surface area contributed by atoms with Crippen LogP contribution in [0.2, 0.25) is 5.02 Å². The topological polar surface area (TPSA) is 93.2 Å². The molecule has 2 aromatic carbocycles. The van der Waals surface area contributed by atoms with E-state index in [1.54, 1.807) is 42.5 Å². The third-order valence-electron chi connectivity index (χ3n) is 3.86. The summed E-state index contributed by atoms with van der Waals surface area (Å²) in [6.45, 7) is 1.85. The number of hydrogen-bond acceptors (Lipinski definition) is 6. The van der Waals surface area contributed by atoms with E-state index in [4.69, 9.17) is 16.3 Å². The highest BCUT2D eigenvalue weighted by molar-refractivity contribution is 6.30. The number of benzene rings is 2. The molecule has 1 heterocycles. The Bertz CT molecular complexity index is 1040. The summed E-state index contributed by atoms with van der Waals surface area (Å²) in [5.41, 5.74) is 2.66. The van der Waals surface area contributed by atoms with Gasteiger partial charge in [0.25, 0.3) is 5.91 Å². The summed E-state index contributed by atoms with van der Waals surface area (Å²) in [4.78, 5) is 32.5. The zero-order chi connectivity index (χ0) is 20.1. The predicted octanol–water partition coefficient (Wildman–Crippen LogP) is 4.22. The molecule has 0 bridgehead atoms. The lowest BCUT2D eigenvalue weighted by Crippen LogP contribution is -2.15. The molecule has 0 aliphatic carbocycles. The maximum Gasteiger partial charge on any atom is 0.337 e. The van der Waals surface area contributed by atoms with Crippen LogP contribution in [0.15, 0.2) is 54.7 Å². The average Bonchev–Trinajstić information content (AvgIpc) is 2.70. The van der Waals surface area contributed by atoms with Crippen LogP contribution in [0.3, 0.4) is 0 Å². The van der Waals surface area contributed by atoms with Crippen LogP contribution in [0.25, 0.3) is 0 Å². The molecular formula is C20H17ClN4O3. The Hall–Kier alpha value is -3.45. The van der Waals surface area contributed by atoms with Gasteiger partial charge in [0.05, 0.1) is 12.7 Å². The number of nitrogens with zero attached hydrogens (tertiary/aromatic N) is 2. The van der Waals surface area contributed by atoms with Crippen molar-refractivity contribution in [2.24, 2.45) is 0 Å². The number of aromatic nitrogens is 2. The Morgan fingerprint density at radius 2 is 1.93 bits per heavy atom. The molecular weight excluding hydrogens is 380 g/mol. The van der Waals surface area contributed by atoms with Gasteiger partial charge in [-0.15, -0.1) is 0 Å². The minimum atomic E-state index is -0.448. The number of nitrogens with one attached hydrogen (secondary N) is 2. The Labute approximate surface area is 166 Å². The van der Waals surface area contributed by atoms with Gasteiger partial charge in [-0.25, -0.2) is 14.8 Å². The Morgan fingerprint density at radius 3 is 2.68 bits per heavy atom. The van der Waals surface area contributed by atoms with E-state index in [1.807, 2.05) is 6.92 Å². The summed E-state index contributed by atoms with van der Waals surface area (Å²) in [6, 6.07) is 13.4. The lowest BCUT2D eigenvalue weighted by atomic mass is 10.2. The van der Waals surface area contributed by atoms with Crippen molar-refractivity contribution in [2.45, 2.75) is 6.92 Å². The number of amides is 1. The largest absolute Gasteiger partial charge is 0.465 e. The normalized spacial score (nSPS) is 10.2. The monoisotopic (exact) mass is 396 g/mol. The summed E-state index contributed by atoms with van der Waals surface area (Å²) in [5.74, 6) is -0.599. The van der Waals surface area contributed by atoms with E-state index in [9.17, 15) is 9.59 Å². The molecule has 2 N–H and O–H groups in total. The number of anilines is 3. The number of ether oxygens (including phenoxy) is 1. The van der Waals surface area contributed by atoms with Gasteiger partial charge in [-0.1, -0.05) is 17.7 Å². The van der Waals surface area contributed by atoms with Crippen molar-refractivity contribution in [3.63, 3.8) is 0 Å². The van der Waals surface area contributed by atoms with Gasteiger partial charge in [0.15, 0.2) is 0 Å². The van der Waals surface area contributed by atoms with Gasteiger partial charge in [0.1, 0.15) is 5.69 Å². The van der Waals surface area contributed by atoms with Crippen LogP contribution in [0.1, 0.15) is 26.4 Å². The summed E-state index contributed by atoms with van der Waals surface area (Å²) in [5, 5.41) is 6.37. The molecule has 0 atom stereocenters. The molecule has 0 aliphatic heterocycles. The van der Waals surface area contributed by atoms with E-state index in [2.05, 4.69) is 20.6 Å². The number of carbonyl (C=O) groups is 2. The molecule has 28 heavy (non-hydrogen) atoms. The third-order valence-corrected chi connectivity index (χ3v) is 4.10. The van der Waals surface area contributed by atoms with Gasteiger partial charge < -0.3 is 15.4 Å². The average molecular weight is 397 g/mol. The highest BCUT2D eigenvalue weighted by Gasteiger charge is 2.12. The van der Waals surface area contributed by atoms with Crippen LogP contribution in [0.5, 0.6) is 0 Å². The lowest BCUT2D eigenvalue weighted by molar-refractivity contribution is 0.0600. The SMILES string of the molecule is COC(=O)c1cccc(Nc2nccc(C(=O)Nc3ccc(Cl)cc3C)n2)c1. The van der Waals surface area contributed by atoms with Crippen molar-refractivity contribution < 1.29 is 14.3 Å². The second-order valence-corrected chi connectivity index (χ2v) is 6.31. The molecule has 1 aromatic heterocycles. The fourth-order valence-electron chi connectivity index (χ4n) is 2.47. The second-order valence-electron chi connectivity index (χ2n) is 5.88. The van der Waals surface area contributed by atoms with Crippen molar-refractivity contribution in [1.82, 2.24) is 9.97 Å². The molecule has 1 amide bonds. The number of halogens is 1. The molecule has 0 unspecified atom stereocenters. The number of methoxy groups -OCH3 is 1. The number of carbonyl (C=O) groups excluding carboxylic acids is 2. The van der Waals surface area contributed by atoms with Crippen LogP contribution < -0.4 is 10.6 Å². The summed E-state index contributed by atoms with van der Waals surface area (Å²) in [7, 11) is 1.32. The van der Waals surface area contributed by atoms with Crippen LogP contribution in [0, 0.1) is 6.92 Å². The summed E-state index contributed by atoms with van der Waals surface area (Å²) in [6.07, 6.45) is 1.48. The standard InChI is InChI=1S/C20H17ClN4O3/c1-12-10-14(21)6-7-16(12)24-18(26)17-8-9-22-20(25-17)23-15-5-3-4-13(11-15)19(27)28-2/h3-11H,1-2H3,(H,24,26)(H,22,23,25). The highest BCUT2D eigenvalue weighted by Crippen LogP contribution is 2.20. The molecule has 0 saturated heterocycles. The van der Waals surface area contributed by atoms with Crippen molar-refractivity contribution >= 4 is 40.8 Å². The first-order chi connectivity index (χ1) is 13.5. The fraction of sp³-hybridized carbons (Fsp3) is 0.100. The minimum Gasteiger partial charge on any atom is -0.465 e. The van der Waals surface area contributed by atoms with E-state index in [1.165, 1.54) is 19.4 Å². The fourth-order valence-corrected chi connectivity index (χ4v) is 2.70. The molecule has 0 fully saturated rings. The molecule has 0 aliphatic rings. The van der Waals surface area contributed by atoms with Gasteiger partial charge in [0.2, 0.25) is 5.95 Å². The van der Waals surface area contributed by atoms with Crippen molar-refractivity contribution in [3.05, 3.63) is 76.6 Å².